The van der Waals surface area contributed by atoms with Crippen LogP contribution in [0.15, 0.2) is 30.3 Å². The topological polar surface area (TPSA) is 73.7 Å². The highest BCUT2D eigenvalue weighted by atomic mass is 14.5. The Hall–Kier alpha value is -1.64. The van der Waals surface area contributed by atoms with Crippen molar-refractivity contribution < 1.29 is 0 Å². The van der Waals surface area contributed by atoms with Gasteiger partial charge in [-0.15, -0.1) is 0 Å². The number of benzene rings is 1. The van der Waals surface area contributed by atoms with Crippen molar-refractivity contribution in [2.75, 3.05) is 5.73 Å². The van der Waals surface area contributed by atoms with Gasteiger partial charge in [-0.2, -0.15) is 0 Å². The van der Waals surface area contributed by atoms with Crippen LogP contribution in [0.25, 0.3) is 0 Å². The number of nitrogen functional groups attached to an aromatic ring is 1. The molecule has 0 bridgehead atoms. The summed E-state index contributed by atoms with van der Waals surface area (Å²) in [6.07, 6.45) is 3.89. The molecule has 3 nitrogen and oxygen atoms in total. The average molecular weight is 203 g/mol. The van der Waals surface area contributed by atoms with Crippen LogP contribution in [0.3, 0.4) is 0 Å². The Morgan fingerprint density at radius 3 is 1.60 bits per heavy atom. The summed E-state index contributed by atoms with van der Waals surface area (Å²) in [5.74, 6) is 0. The van der Waals surface area contributed by atoms with Gasteiger partial charge in [-0.05, 0) is 37.8 Å². The highest BCUT2D eigenvalue weighted by Gasteiger charge is 2.09. The van der Waals surface area contributed by atoms with Gasteiger partial charge in [0.25, 0.3) is 0 Å². The molecule has 0 amide bonds. The van der Waals surface area contributed by atoms with Crippen LogP contribution in [0.1, 0.15) is 25.7 Å². The summed E-state index contributed by atoms with van der Waals surface area (Å²) in [5, 5.41) is 14.3. The van der Waals surface area contributed by atoms with E-state index in [0.717, 1.165) is 31.4 Å². The smallest absolute Gasteiger partial charge is 0.0521 e. The Morgan fingerprint density at radius 2 is 1.33 bits per heavy atom. The van der Waals surface area contributed by atoms with E-state index < -0.39 is 0 Å². The van der Waals surface area contributed by atoms with Crippen LogP contribution in [0, 0.1) is 10.8 Å². The predicted octanol–water partition coefficient (Wildman–Crippen LogP) is 2.87. The van der Waals surface area contributed by atoms with E-state index in [0.29, 0.717) is 11.4 Å². The summed E-state index contributed by atoms with van der Waals surface area (Å²) in [5.41, 5.74) is 7.28. The third-order valence-corrected chi connectivity index (χ3v) is 2.27. The minimum Gasteiger partial charge on any atom is -0.399 e. The van der Waals surface area contributed by atoms with E-state index >= 15 is 0 Å². The third-order valence-electron chi connectivity index (χ3n) is 2.27. The maximum Gasteiger partial charge on any atom is 0.0521 e. The Balaban J connectivity index is 0.000000151. The van der Waals surface area contributed by atoms with Crippen molar-refractivity contribution >= 4 is 17.1 Å². The highest BCUT2D eigenvalue weighted by Crippen LogP contribution is 2.10. The van der Waals surface area contributed by atoms with E-state index in [4.69, 9.17) is 16.6 Å². The third kappa shape index (κ3) is 4.40. The first-order chi connectivity index (χ1) is 7.20. The molecule has 3 heteroatoms. The molecule has 1 aliphatic rings. The fourth-order valence-corrected chi connectivity index (χ4v) is 1.36. The van der Waals surface area contributed by atoms with Crippen LogP contribution in [0.4, 0.5) is 5.69 Å². The largest absolute Gasteiger partial charge is 0.399 e. The molecule has 1 fully saturated rings. The number of hydrogen-bond acceptors (Lipinski definition) is 3. The van der Waals surface area contributed by atoms with Gasteiger partial charge in [0.15, 0.2) is 0 Å². The molecule has 0 atom stereocenters. The first-order valence-corrected chi connectivity index (χ1v) is 5.16. The van der Waals surface area contributed by atoms with Gasteiger partial charge < -0.3 is 16.6 Å². The average Bonchev–Trinajstić information content (AvgIpc) is 2.25. The molecule has 0 spiro atoms. The Kier molecular flexibility index (Phi) is 4.54. The number of para-hydroxylation sites is 1. The van der Waals surface area contributed by atoms with E-state index in [2.05, 4.69) is 0 Å². The fraction of sp³-hybridized carbons (Fsp3) is 0.333. The summed E-state index contributed by atoms with van der Waals surface area (Å²) in [4.78, 5) is 0. The zero-order valence-corrected chi connectivity index (χ0v) is 8.79. The lowest BCUT2D eigenvalue weighted by atomic mass is 9.97. The second-order valence-electron chi connectivity index (χ2n) is 3.57. The second-order valence-corrected chi connectivity index (χ2v) is 3.57. The molecule has 0 aliphatic heterocycles. The summed E-state index contributed by atoms with van der Waals surface area (Å²) in [6, 6.07) is 9.49. The van der Waals surface area contributed by atoms with E-state index in [1.54, 1.807) is 0 Å². The van der Waals surface area contributed by atoms with Crippen molar-refractivity contribution in [2.24, 2.45) is 0 Å². The van der Waals surface area contributed by atoms with Gasteiger partial charge in [-0.3, -0.25) is 0 Å². The van der Waals surface area contributed by atoms with Crippen LogP contribution < -0.4 is 5.73 Å². The van der Waals surface area contributed by atoms with Crippen molar-refractivity contribution in [3.63, 3.8) is 0 Å². The first-order valence-electron chi connectivity index (χ1n) is 5.16. The highest BCUT2D eigenvalue weighted by molar-refractivity contribution is 6.40. The number of nitrogens with two attached hydrogens (primary N) is 1. The van der Waals surface area contributed by atoms with Crippen molar-refractivity contribution in [3.05, 3.63) is 30.3 Å². The van der Waals surface area contributed by atoms with Gasteiger partial charge in [0, 0.05) is 5.69 Å². The van der Waals surface area contributed by atoms with Gasteiger partial charge in [0.2, 0.25) is 0 Å². The first kappa shape index (κ1) is 11.4. The predicted molar refractivity (Wildman–Crippen MR) is 64.8 cm³/mol. The number of anilines is 1. The summed E-state index contributed by atoms with van der Waals surface area (Å²) >= 11 is 0. The Bertz CT molecular complexity index is 314. The molecular formula is C12H17N3. The van der Waals surface area contributed by atoms with Gasteiger partial charge in [0.05, 0.1) is 11.4 Å². The maximum absolute atomic E-state index is 7.17. The molecule has 4 N–H and O–H groups in total. The minimum atomic E-state index is 0.552. The van der Waals surface area contributed by atoms with Gasteiger partial charge >= 0.3 is 0 Å². The fourth-order valence-electron chi connectivity index (χ4n) is 1.36. The lowest BCUT2D eigenvalue weighted by Crippen LogP contribution is -2.15. The zero-order valence-electron chi connectivity index (χ0n) is 8.79. The SMILES string of the molecule is N=C1CCCCC1=N.Nc1ccccc1. The molecule has 0 saturated heterocycles. The van der Waals surface area contributed by atoms with E-state index in [-0.39, 0.29) is 0 Å². The molecule has 0 aromatic heterocycles. The Labute approximate surface area is 90.3 Å². The lowest BCUT2D eigenvalue weighted by molar-refractivity contribution is 0.772. The van der Waals surface area contributed by atoms with E-state index in [9.17, 15) is 0 Å². The van der Waals surface area contributed by atoms with Crippen LogP contribution in [0.2, 0.25) is 0 Å². The molecule has 0 heterocycles. The van der Waals surface area contributed by atoms with Crippen molar-refractivity contribution in [1.82, 2.24) is 0 Å². The normalized spacial score (nSPS) is 15.5. The molecule has 0 unspecified atom stereocenters. The lowest BCUT2D eigenvalue weighted by Gasteiger charge is -2.10. The van der Waals surface area contributed by atoms with Gasteiger partial charge in [-0.1, -0.05) is 18.2 Å². The summed E-state index contributed by atoms with van der Waals surface area (Å²) in [6.45, 7) is 0. The van der Waals surface area contributed by atoms with Crippen molar-refractivity contribution in [1.29, 1.82) is 10.8 Å². The minimum absolute atomic E-state index is 0.552. The van der Waals surface area contributed by atoms with Crippen LogP contribution in [0.5, 0.6) is 0 Å². The molecule has 80 valence electrons. The van der Waals surface area contributed by atoms with Gasteiger partial charge in [0.1, 0.15) is 0 Å². The zero-order chi connectivity index (χ0) is 11.1. The number of hydrogen-bond donors (Lipinski definition) is 3. The molecule has 15 heavy (non-hydrogen) atoms. The quantitative estimate of drug-likeness (QED) is 0.557. The number of nitrogens with one attached hydrogen (secondary N) is 2. The monoisotopic (exact) mass is 203 g/mol. The molecule has 1 saturated carbocycles. The van der Waals surface area contributed by atoms with Gasteiger partial charge in [-0.25, -0.2) is 0 Å². The van der Waals surface area contributed by atoms with Crippen LogP contribution in [-0.4, -0.2) is 11.4 Å². The summed E-state index contributed by atoms with van der Waals surface area (Å²) < 4.78 is 0. The molecule has 1 aromatic carbocycles. The molecule has 0 radical (unpaired) electrons. The molecule has 2 rings (SSSR count). The second kappa shape index (κ2) is 5.96. The summed E-state index contributed by atoms with van der Waals surface area (Å²) in [7, 11) is 0. The maximum atomic E-state index is 7.17. The Morgan fingerprint density at radius 1 is 0.867 bits per heavy atom. The molecule has 1 aromatic rings. The standard InChI is InChI=1S/C6H10N2.C6H7N/c7-5-3-1-2-4-6(5)8;7-6-4-2-1-3-5-6/h7-8H,1-4H2;1-5H,7H2. The van der Waals surface area contributed by atoms with E-state index in [1.807, 2.05) is 30.3 Å². The van der Waals surface area contributed by atoms with Crippen molar-refractivity contribution in [3.8, 4) is 0 Å². The van der Waals surface area contributed by atoms with Crippen LogP contribution in [-0.2, 0) is 0 Å². The number of rotatable bonds is 0. The van der Waals surface area contributed by atoms with Crippen LogP contribution >= 0.6 is 0 Å². The molecular weight excluding hydrogens is 186 g/mol. The van der Waals surface area contributed by atoms with E-state index in [1.165, 1.54) is 0 Å². The van der Waals surface area contributed by atoms with Crippen molar-refractivity contribution in [2.45, 2.75) is 25.7 Å². The molecule has 1 aliphatic carbocycles.